The first-order chi connectivity index (χ1) is 10.9. The predicted molar refractivity (Wildman–Crippen MR) is 79.2 cm³/mol. The van der Waals surface area contributed by atoms with Gasteiger partial charge in [-0.05, 0) is 19.1 Å². The fourth-order valence-corrected chi connectivity index (χ4v) is 2.76. The van der Waals surface area contributed by atoms with Crippen molar-refractivity contribution in [3.8, 4) is 0 Å². The van der Waals surface area contributed by atoms with Gasteiger partial charge in [-0.1, -0.05) is 18.2 Å². The van der Waals surface area contributed by atoms with Crippen LogP contribution < -0.4 is 0 Å². The number of carbonyl (C=O) groups is 1. The maximum Gasteiger partial charge on any atom is 0.403 e. The molecule has 1 unspecified atom stereocenters. The Labute approximate surface area is 131 Å². The second-order valence-electron chi connectivity index (χ2n) is 5.69. The zero-order valence-electron chi connectivity index (χ0n) is 12.6. The van der Waals surface area contributed by atoms with E-state index >= 15 is 0 Å². The molecule has 1 aromatic carbocycles. The van der Waals surface area contributed by atoms with E-state index in [2.05, 4.69) is 0 Å². The van der Waals surface area contributed by atoms with E-state index < -0.39 is 12.2 Å². The summed E-state index contributed by atoms with van der Waals surface area (Å²) in [5.74, 6) is -0.0518. The number of fused-ring (bicyclic) bond motifs is 1. The summed E-state index contributed by atoms with van der Waals surface area (Å²) in [5, 5.41) is 0.833. The van der Waals surface area contributed by atoms with E-state index in [-0.39, 0.29) is 37.8 Å². The van der Waals surface area contributed by atoms with E-state index in [1.807, 2.05) is 18.2 Å². The number of hydrogen-bond donors (Lipinski definition) is 0. The molecular formula is C16H17F3N2O2. The normalized spacial score (nSPS) is 18.3. The van der Waals surface area contributed by atoms with Gasteiger partial charge in [0.15, 0.2) is 5.76 Å². The molecule has 0 saturated carbocycles. The van der Waals surface area contributed by atoms with Crippen molar-refractivity contribution in [2.45, 2.75) is 19.1 Å². The molecule has 3 rings (SSSR count). The zero-order chi connectivity index (χ0) is 16.6. The Kier molecular flexibility index (Phi) is 4.06. The van der Waals surface area contributed by atoms with Crippen LogP contribution in [0.3, 0.4) is 0 Å². The smallest absolute Gasteiger partial charge is 0.403 e. The van der Waals surface area contributed by atoms with Crippen molar-refractivity contribution in [2.75, 3.05) is 26.2 Å². The third kappa shape index (κ3) is 3.19. The maximum atomic E-state index is 12.7. The molecule has 1 atom stereocenters. The Morgan fingerprint density at radius 1 is 1.17 bits per heavy atom. The molecule has 0 bridgehead atoms. The quantitative estimate of drug-likeness (QED) is 0.851. The standard InChI is InChI=1S/C16H17F3N2O2/c1-11(16(17,18)19)20-6-8-21(9-7-20)15(22)14-10-12-4-2-3-5-13(12)23-14/h2-5,10-11H,6-9H2,1H3. The van der Waals surface area contributed by atoms with E-state index in [1.54, 1.807) is 12.1 Å². The molecule has 0 N–H and O–H groups in total. The van der Waals surface area contributed by atoms with Gasteiger partial charge in [-0.25, -0.2) is 0 Å². The molecule has 1 aromatic heterocycles. The molecule has 1 amide bonds. The van der Waals surface area contributed by atoms with Crippen LogP contribution in [0.15, 0.2) is 34.7 Å². The van der Waals surface area contributed by atoms with E-state index in [1.165, 1.54) is 9.80 Å². The highest BCUT2D eigenvalue weighted by Gasteiger charge is 2.41. The summed E-state index contributed by atoms with van der Waals surface area (Å²) in [4.78, 5) is 15.3. The lowest BCUT2D eigenvalue weighted by atomic mass is 10.2. The average Bonchev–Trinajstić information content (AvgIpc) is 2.96. The van der Waals surface area contributed by atoms with E-state index in [4.69, 9.17) is 4.42 Å². The molecule has 0 aliphatic carbocycles. The monoisotopic (exact) mass is 326 g/mol. The molecular weight excluding hydrogens is 309 g/mol. The summed E-state index contributed by atoms with van der Waals surface area (Å²) in [6, 6.07) is 7.46. The minimum absolute atomic E-state index is 0.201. The SMILES string of the molecule is CC(N1CCN(C(=O)c2cc3ccccc3o2)CC1)C(F)(F)F. The van der Waals surface area contributed by atoms with Crippen LogP contribution in [0.2, 0.25) is 0 Å². The van der Waals surface area contributed by atoms with Gasteiger partial charge in [-0.2, -0.15) is 13.2 Å². The molecule has 7 heteroatoms. The van der Waals surface area contributed by atoms with Gasteiger partial charge in [-0.15, -0.1) is 0 Å². The summed E-state index contributed by atoms with van der Waals surface area (Å²) in [6.45, 7) is 2.07. The molecule has 124 valence electrons. The first-order valence-electron chi connectivity index (χ1n) is 7.45. The van der Waals surface area contributed by atoms with Crippen molar-refractivity contribution < 1.29 is 22.4 Å². The van der Waals surface area contributed by atoms with Crippen molar-refractivity contribution in [1.82, 2.24) is 9.80 Å². The number of rotatable bonds is 2. The predicted octanol–water partition coefficient (Wildman–Crippen LogP) is 3.14. The topological polar surface area (TPSA) is 36.7 Å². The molecule has 2 heterocycles. The number of halogens is 3. The number of benzene rings is 1. The molecule has 0 spiro atoms. The van der Waals surface area contributed by atoms with Gasteiger partial charge in [0.1, 0.15) is 11.6 Å². The van der Waals surface area contributed by atoms with Crippen LogP contribution in [0.1, 0.15) is 17.5 Å². The van der Waals surface area contributed by atoms with Crippen LogP contribution in [0.5, 0.6) is 0 Å². The summed E-state index contributed by atoms with van der Waals surface area (Å²) < 4.78 is 43.7. The van der Waals surface area contributed by atoms with Crippen LogP contribution in [-0.2, 0) is 0 Å². The minimum atomic E-state index is -4.25. The lowest BCUT2D eigenvalue weighted by Crippen LogP contribution is -2.54. The molecule has 2 aromatic rings. The number of furan rings is 1. The highest BCUT2D eigenvalue weighted by molar-refractivity contribution is 5.96. The number of para-hydroxylation sites is 1. The zero-order valence-corrected chi connectivity index (χ0v) is 12.6. The Morgan fingerprint density at radius 3 is 2.43 bits per heavy atom. The molecule has 0 radical (unpaired) electrons. The van der Waals surface area contributed by atoms with E-state index in [9.17, 15) is 18.0 Å². The third-order valence-electron chi connectivity index (χ3n) is 4.26. The van der Waals surface area contributed by atoms with Gasteiger partial charge in [0, 0.05) is 31.6 Å². The highest BCUT2D eigenvalue weighted by atomic mass is 19.4. The van der Waals surface area contributed by atoms with Crippen molar-refractivity contribution in [1.29, 1.82) is 0 Å². The lowest BCUT2D eigenvalue weighted by molar-refractivity contribution is -0.181. The third-order valence-corrected chi connectivity index (χ3v) is 4.26. The number of hydrogen-bond acceptors (Lipinski definition) is 3. The first kappa shape index (κ1) is 15.9. The fourth-order valence-electron chi connectivity index (χ4n) is 2.76. The van der Waals surface area contributed by atoms with Crippen LogP contribution in [0.25, 0.3) is 11.0 Å². The molecule has 1 fully saturated rings. The van der Waals surface area contributed by atoms with Gasteiger partial charge >= 0.3 is 6.18 Å². The molecule has 1 aliphatic heterocycles. The molecule has 1 saturated heterocycles. The van der Waals surface area contributed by atoms with Crippen LogP contribution in [0.4, 0.5) is 13.2 Å². The van der Waals surface area contributed by atoms with Gasteiger partial charge in [-0.3, -0.25) is 9.69 Å². The van der Waals surface area contributed by atoms with Gasteiger partial charge in [0.05, 0.1) is 0 Å². The highest BCUT2D eigenvalue weighted by Crippen LogP contribution is 2.26. The van der Waals surface area contributed by atoms with E-state index in [0.717, 1.165) is 12.3 Å². The summed E-state index contributed by atoms with van der Waals surface area (Å²) in [6.07, 6.45) is -4.25. The number of nitrogens with zero attached hydrogens (tertiary/aromatic N) is 2. The molecule has 23 heavy (non-hydrogen) atoms. The van der Waals surface area contributed by atoms with Crippen molar-refractivity contribution in [2.24, 2.45) is 0 Å². The van der Waals surface area contributed by atoms with Gasteiger partial charge < -0.3 is 9.32 Å². The van der Waals surface area contributed by atoms with Crippen molar-refractivity contribution in [3.63, 3.8) is 0 Å². The minimum Gasteiger partial charge on any atom is -0.451 e. The number of alkyl halides is 3. The van der Waals surface area contributed by atoms with Crippen molar-refractivity contribution in [3.05, 3.63) is 36.1 Å². The molecule has 4 nitrogen and oxygen atoms in total. The first-order valence-corrected chi connectivity index (χ1v) is 7.45. The largest absolute Gasteiger partial charge is 0.451 e. The second-order valence-corrected chi connectivity index (χ2v) is 5.69. The van der Waals surface area contributed by atoms with Crippen molar-refractivity contribution >= 4 is 16.9 Å². The average molecular weight is 326 g/mol. The van der Waals surface area contributed by atoms with Crippen LogP contribution >= 0.6 is 0 Å². The number of piperazine rings is 1. The second kappa shape index (κ2) is 5.88. The Bertz CT molecular complexity index is 670. The summed E-state index contributed by atoms with van der Waals surface area (Å²) in [7, 11) is 0. The van der Waals surface area contributed by atoms with Crippen LogP contribution in [0, 0.1) is 0 Å². The Balaban J connectivity index is 1.66. The number of carbonyl (C=O) groups excluding carboxylic acids is 1. The maximum absolute atomic E-state index is 12.7. The van der Waals surface area contributed by atoms with Gasteiger partial charge in [0.25, 0.3) is 5.91 Å². The lowest BCUT2D eigenvalue weighted by Gasteiger charge is -2.38. The summed E-state index contributed by atoms with van der Waals surface area (Å²) >= 11 is 0. The van der Waals surface area contributed by atoms with Gasteiger partial charge in [0.2, 0.25) is 0 Å². The molecule has 1 aliphatic rings. The fraction of sp³-hybridized carbons (Fsp3) is 0.438. The number of amides is 1. The van der Waals surface area contributed by atoms with Crippen LogP contribution in [-0.4, -0.2) is 54.1 Å². The Hall–Kier alpha value is -2.02. The Morgan fingerprint density at radius 2 is 1.83 bits per heavy atom. The summed E-state index contributed by atoms with van der Waals surface area (Å²) in [5.41, 5.74) is 0.625. The van der Waals surface area contributed by atoms with E-state index in [0.29, 0.717) is 5.58 Å².